The first-order chi connectivity index (χ1) is 9.19. The van der Waals surface area contributed by atoms with Crippen LogP contribution in [-0.4, -0.2) is 26.8 Å². The number of rotatable bonds is 3. The third-order valence-electron chi connectivity index (χ3n) is 2.37. The zero-order valence-electron chi connectivity index (χ0n) is 10.9. The van der Waals surface area contributed by atoms with E-state index >= 15 is 0 Å². The number of tetrazole rings is 1. The van der Waals surface area contributed by atoms with Gasteiger partial charge >= 0.3 is 0 Å². The van der Waals surface area contributed by atoms with E-state index in [0.29, 0.717) is 18.1 Å². The molecule has 6 heteroatoms. The van der Waals surface area contributed by atoms with E-state index < -0.39 is 0 Å². The fourth-order valence-corrected chi connectivity index (χ4v) is 1.54. The van der Waals surface area contributed by atoms with Crippen LogP contribution < -0.4 is 10.5 Å². The molecule has 0 amide bonds. The van der Waals surface area contributed by atoms with Crippen LogP contribution in [0.5, 0.6) is 5.75 Å². The predicted octanol–water partition coefficient (Wildman–Crippen LogP) is 0.408. The molecule has 0 aliphatic heterocycles. The number of aromatic nitrogens is 4. The lowest BCUT2D eigenvalue weighted by Gasteiger charge is -2.06. The molecule has 0 saturated heterocycles. The zero-order chi connectivity index (χ0) is 13.7. The van der Waals surface area contributed by atoms with Crippen molar-refractivity contribution in [1.82, 2.24) is 20.2 Å². The molecular formula is C13H15N5O. The molecule has 0 aliphatic rings. The fourth-order valence-electron chi connectivity index (χ4n) is 1.54. The Labute approximate surface area is 111 Å². The quantitative estimate of drug-likeness (QED) is 0.806. The standard InChI is InChI=1S/C13H15N5O/c1-10-5-6-12(11(8-10)4-3-7-14)19-9-13-15-17-18(2)16-13/h5-6,8H,7,9,14H2,1-2H3. The number of benzene rings is 1. The van der Waals surface area contributed by atoms with Gasteiger partial charge in [0.2, 0.25) is 5.82 Å². The van der Waals surface area contributed by atoms with Crippen molar-refractivity contribution in [3.05, 3.63) is 35.2 Å². The summed E-state index contributed by atoms with van der Waals surface area (Å²) in [6.45, 7) is 2.58. The number of ether oxygens (including phenoxy) is 1. The van der Waals surface area contributed by atoms with Crippen molar-refractivity contribution in [2.45, 2.75) is 13.5 Å². The topological polar surface area (TPSA) is 78.9 Å². The Kier molecular flexibility index (Phi) is 4.11. The van der Waals surface area contributed by atoms with Gasteiger partial charge in [0.15, 0.2) is 6.61 Å². The number of nitrogens with two attached hydrogens (primary N) is 1. The second kappa shape index (κ2) is 5.98. The summed E-state index contributed by atoms with van der Waals surface area (Å²) in [5, 5.41) is 11.7. The van der Waals surface area contributed by atoms with Gasteiger partial charge in [0, 0.05) is 0 Å². The van der Waals surface area contributed by atoms with Gasteiger partial charge in [-0.25, -0.2) is 0 Å². The first-order valence-corrected chi connectivity index (χ1v) is 5.84. The van der Waals surface area contributed by atoms with Crippen molar-refractivity contribution < 1.29 is 4.74 Å². The lowest BCUT2D eigenvalue weighted by molar-refractivity contribution is 0.294. The molecule has 0 saturated carbocycles. The second-order valence-corrected chi connectivity index (χ2v) is 3.99. The lowest BCUT2D eigenvalue weighted by atomic mass is 10.1. The molecule has 0 spiro atoms. The normalized spacial score (nSPS) is 9.84. The van der Waals surface area contributed by atoms with Crippen molar-refractivity contribution in [2.24, 2.45) is 12.8 Å². The number of aryl methyl sites for hydroxylation is 2. The Morgan fingerprint density at radius 2 is 2.26 bits per heavy atom. The van der Waals surface area contributed by atoms with Crippen molar-refractivity contribution in [1.29, 1.82) is 0 Å². The summed E-state index contributed by atoms with van der Waals surface area (Å²) >= 11 is 0. The van der Waals surface area contributed by atoms with Crippen molar-refractivity contribution in [3.63, 3.8) is 0 Å². The highest BCUT2D eigenvalue weighted by atomic mass is 16.5. The third kappa shape index (κ3) is 3.53. The van der Waals surface area contributed by atoms with Gasteiger partial charge in [-0.1, -0.05) is 17.9 Å². The average molecular weight is 257 g/mol. The number of hydrogen-bond donors (Lipinski definition) is 1. The Balaban J connectivity index is 2.15. The maximum Gasteiger partial charge on any atom is 0.212 e. The van der Waals surface area contributed by atoms with E-state index in [9.17, 15) is 0 Å². The first kappa shape index (κ1) is 13.1. The van der Waals surface area contributed by atoms with Crippen LogP contribution in [0.4, 0.5) is 0 Å². The van der Waals surface area contributed by atoms with Crippen LogP contribution in [0.1, 0.15) is 17.0 Å². The average Bonchev–Trinajstić information content (AvgIpc) is 2.81. The molecule has 1 heterocycles. The van der Waals surface area contributed by atoms with Crippen LogP contribution >= 0.6 is 0 Å². The summed E-state index contributed by atoms with van der Waals surface area (Å²) in [6.07, 6.45) is 0. The molecule has 2 rings (SSSR count). The van der Waals surface area contributed by atoms with Crippen LogP contribution in [0.25, 0.3) is 0 Å². The second-order valence-electron chi connectivity index (χ2n) is 3.99. The van der Waals surface area contributed by atoms with Crippen molar-refractivity contribution in [2.75, 3.05) is 6.54 Å². The third-order valence-corrected chi connectivity index (χ3v) is 2.37. The monoisotopic (exact) mass is 257 g/mol. The van der Waals surface area contributed by atoms with Crippen LogP contribution in [0.15, 0.2) is 18.2 Å². The van der Waals surface area contributed by atoms with Gasteiger partial charge in [0.25, 0.3) is 0 Å². The highest BCUT2D eigenvalue weighted by molar-refractivity contribution is 5.48. The fraction of sp³-hybridized carbons (Fsp3) is 0.308. The summed E-state index contributed by atoms with van der Waals surface area (Å²) in [6, 6.07) is 5.81. The van der Waals surface area contributed by atoms with Crippen LogP contribution in [0.2, 0.25) is 0 Å². The first-order valence-electron chi connectivity index (χ1n) is 5.84. The zero-order valence-corrected chi connectivity index (χ0v) is 10.9. The van der Waals surface area contributed by atoms with Gasteiger partial charge < -0.3 is 10.5 Å². The van der Waals surface area contributed by atoms with Crippen LogP contribution in [0, 0.1) is 18.8 Å². The van der Waals surface area contributed by atoms with E-state index in [2.05, 4.69) is 27.3 Å². The smallest absolute Gasteiger partial charge is 0.212 e. The minimum atomic E-state index is 0.258. The number of hydrogen-bond acceptors (Lipinski definition) is 5. The molecule has 6 nitrogen and oxygen atoms in total. The van der Waals surface area contributed by atoms with Gasteiger partial charge in [-0.15, -0.1) is 10.2 Å². The lowest BCUT2D eigenvalue weighted by Crippen LogP contribution is -2.01. The molecule has 0 radical (unpaired) electrons. The van der Waals surface area contributed by atoms with Gasteiger partial charge in [-0.2, -0.15) is 4.80 Å². The van der Waals surface area contributed by atoms with E-state index in [1.807, 2.05) is 25.1 Å². The molecule has 1 aromatic carbocycles. The van der Waals surface area contributed by atoms with Crippen LogP contribution in [0.3, 0.4) is 0 Å². The van der Waals surface area contributed by atoms with Gasteiger partial charge in [-0.3, -0.25) is 0 Å². The molecule has 19 heavy (non-hydrogen) atoms. The summed E-state index contributed by atoms with van der Waals surface area (Å²) in [7, 11) is 1.71. The molecule has 0 aliphatic carbocycles. The maximum absolute atomic E-state index is 5.67. The van der Waals surface area contributed by atoms with Crippen molar-refractivity contribution in [3.8, 4) is 17.6 Å². The molecule has 98 valence electrons. The van der Waals surface area contributed by atoms with E-state index in [1.165, 1.54) is 4.80 Å². The van der Waals surface area contributed by atoms with Crippen LogP contribution in [-0.2, 0) is 13.7 Å². The van der Waals surface area contributed by atoms with Gasteiger partial charge in [-0.05, 0) is 29.8 Å². The van der Waals surface area contributed by atoms with E-state index in [4.69, 9.17) is 10.5 Å². The minimum Gasteiger partial charge on any atom is -0.484 e. The Bertz CT molecular complexity index is 623. The molecule has 2 aromatic rings. The summed E-state index contributed by atoms with van der Waals surface area (Å²) in [5.41, 5.74) is 7.32. The van der Waals surface area contributed by atoms with Gasteiger partial charge in [0.05, 0.1) is 19.2 Å². The van der Waals surface area contributed by atoms with E-state index in [0.717, 1.165) is 11.1 Å². The molecule has 1 aromatic heterocycles. The Morgan fingerprint density at radius 3 is 2.95 bits per heavy atom. The van der Waals surface area contributed by atoms with Gasteiger partial charge in [0.1, 0.15) is 5.75 Å². The molecular weight excluding hydrogens is 242 g/mol. The van der Waals surface area contributed by atoms with E-state index in [1.54, 1.807) is 7.05 Å². The molecule has 0 unspecified atom stereocenters. The summed E-state index contributed by atoms with van der Waals surface area (Å²) in [4.78, 5) is 1.39. The Hall–Kier alpha value is -2.39. The largest absolute Gasteiger partial charge is 0.484 e. The van der Waals surface area contributed by atoms with E-state index in [-0.39, 0.29) is 6.61 Å². The molecule has 0 atom stereocenters. The number of nitrogens with zero attached hydrogens (tertiary/aromatic N) is 4. The summed E-state index contributed by atoms with van der Waals surface area (Å²) < 4.78 is 5.67. The highest BCUT2D eigenvalue weighted by Crippen LogP contribution is 2.19. The molecule has 2 N–H and O–H groups in total. The minimum absolute atomic E-state index is 0.258. The van der Waals surface area contributed by atoms with Crippen molar-refractivity contribution >= 4 is 0 Å². The Morgan fingerprint density at radius 1 is 1.42 bits per heavy atom. The SMILES string of the molecule is Cc1ccc(OCc2nnn(C)n2)c(C#CCN)c1. The molecule has 0 bridgehead atoms. The summed E-state index contributed by atoms with van der Waals surface area (Å²) in [5.74, 6) is 7.04. The molecule has 0 fully saturated rings. The predicted molar refractivity (Wildman–Crippen MR) is 70.2 cm³/mol. The maximum atomic E-state index is 5.67. The highest BCUT2D eigenvalue weighted by Gasteiger charge is 2.05.